The Balaban J connectivity index is 1.59. The van der Waals surface area contributed by atoms with Gasteiger partial charge in [-0.05, 0) is 59.2 Å². The molecule has 0 aromatic heterocycles. The Morgan fingerprint density at radius 1 is 0.657 bits per heavy atom. The van der Waals surface area contributed by atoms with Crippen LogP contribution in [0.2, 0.25) is 0 Å². The number of carboxylic acids is 1. The molecule has 0 atom stereocenters. The zero-order valence-electron chi connectivity index (χ0n) is 19.0. The first-order valence-electron chi connectivity index (χ1n) is 11.1. The van der Waals surface area contributed by atoms with Gasteiger partial charge >= 0.3 is 5.97 Å². The molecular weight excluding hydrogens is 442 g/mol. The molecule has 0 aliphatic rings. The highest BCUT2D eigenvalue weighted by Crippen LogP contribution is 2.23. The van der Waals surface area contributed by atoms with Gasteiger partial charge in [0.25, 0.3) is 5.91 Å². The zero-order valence-corrected chi connectivity index (χ0v) is 19.0. The second kappa shape index (κ2) is 11.1. The van der Waals surface area contributed by atoms with Gasteiger partial charge in [0.2, 0.25) is 0 Å². The van der Waals surface area contributed by atoms with Crippen molar-refractivity contribution in [3.05, 3.63) is 131 Å². The second-order valence-corrected chi connectivity index (χ2v) is 8.09. The molecule has 4 aromatic rings. The van der Waals surface area contributed by atoms with Crippen LogP contribution in [-0.2, 0) is 19.7 Å². The van der Waals surface area contributed by atoms with E-state index in [9.17, 15) is 19.8 Å². The van der Waals surface area contributed by atoms with E-state index in [4.69, 9.17) is 4.74 Å². The molecule has 6 heteroatoms. The van der Waals surface area contributed by atoms with Gasteiger partial charge < -0.3 is 19.8 Å². The molecule has 0 saturated carbocycles. The number of aromatic carboxylic acids is 1. The van der Waals surface area contributed by atoms with Gasteiger partial charge in [0, 0.05) is 18.7 Å². The molecule has 0 unspecified atom stereocenters. The lowest BCUT2D eigenvalue weighted by molar-refractivity contribution is 0.0696. The molecule has 35 heavy (non-hydrogen) atoms. The van der Waals surface area contributed by atoms with Crippen molar-refractivity contribution in [3.63, 3.8) is 0 Å². The Labute approximate surface area is 203 Å². The minimum Gasteiger partial charge on any atom is -0.478 e. The maximum atomic E-state index is 13.5. The lowest BCUT2D eigenvalue weighted by atomic mass is 10.0. The second-order valence-electron chi connectivity index (χ2n) is 8.09. The summed E-state index contributed by atoms with van der Waals surface area (Å²) in [5.41, 5.74) is 2.39. The van der Waals surface area contributed by atoms with E-state index in [2.05, 4.69) is 0 Å². The predicted molar refractivity (Wildman–Crippen MR) is 132 cm³/mol. The smallest absolute Gasteiger partial charge is 0.335 e. The van der Waals surface area contributed by atoms with E-state index in [-0.39, 0.29) is 23.6 Å². The van der Waals surface area contributed by atoms with Crippen LogP contribution in [0.15, 0.2) is 103 Å². The average Bonchev–Trinajstić information content (AvgIpc) is 2.90. The number of rotatable bonds is 9. The highest BCUT2D eigenvalue weighted by Gasteiger charge is 2.19. The largest absolute Gasteiger partial charge is 0.478 e. The Bertz CT molecular complexity index is 1290. The van der Waals surface area contributed by atoms with E-state index in [1.807, 2.05) is 84.9 Å². The van der Waals surface area contributed by atoms with E-state index in [1.165, 1.54) is 18.2 Å². The number of amides is 1. The molecule has 4 aromatic carbocycles. The number of aliphatic hydroxyl groups excluding tert-OH is 1. The van der Waals surface area contributed by atoms with Crippen molar-refractivity contribution in [1.82, 2.24) is 4.90 Å². The number of benzene rings is 4. The molecule has 0 aliphatic heterocycles. The third-order valence-corrected chi connectivity index (χ3v) is 5.45. The molecule has 0 saturated heterocycles. The fourth-order valence-corrected chi connectivity index (χ4v) is 3.72. The highest BCUT2D eigenvalue weighted by molar-refractivity contribution is 5.97. The number of aliphatic hydroxyl groups is 1. The first-order valence-corrected chi connectivity index (χ1v) is 11.1. The van der Waals surface area contributed by atoms with E-state index in [1.54, 1.807) is 4.90 Å². The van der Waals surface area contributed by atoms with Crippen LogP contribution in [-0.4, -0.2) is 27.0 Å². The van der Waals surface area contributed by atoms with Crippen molar-refractivity contribution in [2.75, 3.05) is 0 Å². The minimum absolute atomic E-state index is 0.0398. The summed E-state index contributed by atoms with van der Waals surface area (Å²) in [7, 11) is 0. The lowest BCUT2D eigenvalue weighted by Crippen LogP contribution is -2.30. The Hall–Kier alpha value is -4.42. The molecule has 0 fully saturated rings. The third kappa shape index (κ3) is 6.34. The standard InChI is InChI=1S/C29H25NO5/c31-20-23-15-24(17-25(16-23)29(33)34)28(32)30(18-21-7-3-1-4-8-21)19-22-11-13-27(14-12-22)35-26-9-5-2-6-10-26/h1-17,31H,18-20H2,(H,33,34). The Kier molecular flexibility index (Phi) is 7.55. The molecule has 0 spiro atoms. The topological polar surface area (TPSA) is 87.1 Å². The highest BCUT2D eigenvalue weighted by atomic mass is 16.5. The number of hydrogen-bond acceptors (Lipinski definition) is 4. The number of nitrogens with zero attached hydrogens (tertiary/aromatic N) is 1. The number of hydrogen-bond donors (Lipinski definition) is 2. The molecule has 6 nitrogen and oxygen atoms in total. The average molecular weight is 468 g/mol. The van der Waals surface area contributed by atoms with Crippen LogP contribution in [0.1, 0.15) is 37.4 Å². The molecule has 2 N–H and O–H groups in total. The van der Waals surface area contributed by atoms with Gasteiger partial charge in [-0.15, -0.1) is 0 Å². The number of carbonyl (C=O) groups is 2. The SMILES string of the molecule is O=C(O)c1cc(CO)cc(C(=O)N(Cc2ccccc2)Cc2ccc(Oc3ccccc3)cc2)c1. The summed E-state index contributed by atoms with van der Waals surface area (Å²) < 4.78 is 5.85. The number of carbonyl (C=O) groups excluding carboxylic acids is 1. The number of para-hydroxylation sites is 1. The van der Waals surface area contributed by atoms with Crippen molar-refractivity contribution >= 4 is 11.9 Å². The Morgan fingerprint density at radius 2 is 1.20 bits per heavy atom. The summed E-state index contributed by atoms with van der Waals surface area (Å²) >= 11 is 0. The Morgan fingerprint density at radius 3 is 1.80 bits per heavy atom. The third-order valence-electron chi connectivity index (χ3n) is 5.45. The molecule has 0 bridgehead atoms. The normalized spacial score (nSPS) is 10.5. The number of ether oxygens (including phenoxy) is 1. The van der Waals surface area contributed by atoms with Crippen LogP contribution in [0.3, 0.4) is 0 Å². The molecule has 0 radical (unpaired) electrons. The molecule has 4 rings (SSSR count). The van der Waals surface area contributed by atoms with E-state index >= 15 is 0 Å². The summed E-state index contributed by atoms with van der Waals surface area (Å²) in [5, 5.41) is 19.0. The van der Waals surface area contributed by atoms with Crippen LogP contribution in [0, 0.1) is 0 Å². The fourth-order valence-electron chi connectivity index (χ4n) is 3.72. The zero-order chi connectivity index (χ0) is 24.6. The van der Waals surface area contributed by atoms with Crippen LogP contribution in [0.25, 0.3) is 0 Å². The molecule has 176 valence electrons. The van der Waals surface area contributed by atoms with Crippen LogP contribution >= 0.6 is 0 Å². The van der Waals surface area contributed by atoms with Crippen molar-refractivity contribution in [1.29, 1.82) is 0 Å². The van der Waals surface area contributed by atoms with E-state index < -0.39 is 5.97 Å². The monoisotopic (exact) mass is 467 g/mol. The van der Waals surface area contributed by atoms with Gasteiger partial charge in [-0.3, -0.25) is 4.79 Å². The fraction of sp³-hybridized carbons (Fsp3) is 0.103. The van der Waals surface area contributed by atoms with Crippen LogP contribution < -0.4 is 4.74 Å². The molecule has 0 heterocycles. The summed E-state index contributed by atoms with van der Waals surface area (Å²) in [6, 6.07) is 30.8. The maximum Gasteiger partial charge on any atom is 0.335 e. The van der Waals surface area contributed by atoms with Crippen molar-refractivity contribution in [3.8, 4) is 11.5 Å². The van der Waals surface area contributed by atoms with Gasteiger partial charge in [0.15, 0.2) is 0 Å². The first kappa shape index (κ1) is 23.7. The lowest BCUT2D eigenvalue weighted by Gasteiger charge is -2.24. The molecule has 1 amide bonds. The van der Waals surface area contributed by atoms with Gasteiger partial charge in [-0.2, -0.15) is 0 Å². The predicted octanol–water partition coefficient (Wildman–Crippen LogP) is 5.51. The van der Waals surface area contributed by atoms with E-state index in [0.717, 1.165) is 16.9 Å². The quantitative estimate of drug-likeness (QED) is 0.339. The summed E-state index contributed by atoms with van der Waals surface area (Å²) in [6.07, 6.45) is 0. The number of carboxylic acid groups (broad SMARTS) is 1. The maximum absolute atomic E-state index is 13.5. The van der Waals surface area contributed by atoms with Gasteiger partial charge in [-0.1, -0.05) is 60.7 Å². The van der Waals surface area contributed by atoms with E-state index in [0.29, 0.717) is 24.4 Å². The first-order chi connectivity index (χ1) is 17.0. The summed E-state index contributed by atoms with van der Waals surface area (Å²) in [6.45, 7) is 0.293. The van der Waals surface area contributed by atoms with Gasteiger partial charge in [0.05, 0.1) is 12.2 Å². The van der Waals surface area contributed by atoms with Gasteiger partial charge in [0.1, 0.15) is 11.5 Å². The van der Waals surface area contributed by atoms with Gasteiger partial charge in [-0.25, -0.2) is 4.79 Å². The molecular formula is C29H25NO5. The van der Waals surface area contributed by atoms with Crippen LogP contribution in [0.4, 0.5) is 0 Å². The summed E-state index contributed by atoms with van der Waals surface area (Å²) in [5.74, 6) is -0.0593. The van der Waals surface area contributed by atoms with Crippen LogP contribution in [0.5, 0.6) is 11.5 Å². The summed E-state index contributed by atoms with van der Waals surface area (Å²) in [4.78, 5) is 26.7. The van der Waals surface area contributed by atoms with Crippen molar-refractivity contribution in [2.24, 2.45) is 0 Å². The minimum atomic E-state index is -1.15. The van der Waals surface area contributed by atoms with Crippen molar-refractivity contribution in [2.45, 2.75) is 19.7 Å². The van der Waals surface area contributed by atoms with Crippen molar-refractivity contribution < 1.29 is 24.5 Å². The molecule has 0 aliphatic carbocycles.